The van der Waals surface area contributed by atoms with E-state index in [1.54, 1.807) is 48.5 Å². The molecule has 298 valence electrons. The number of hydrogen-bond donors (Lipinski definition) is 0. The van der Waals surface area contributed by atoms with Crippen LogP contribution in [-0.4, -0.2) is 9.13 Å². The van der Waals surface area contributed by atoms with E-state index in [0.717, 1.165) is 33.7 Å². The topological polar surface area (TPSA) is 90.0 Å². The molecule has 0 amide bonds. The quantitative estimate of drug-likeness (QED) is 0.162. The second kappa shape index (κ2) is 14.9. The van der Waals surface area contributed by atoms with Gasteiger partial charge in [-0.25, -0.2) is 9.69 Å². The van der Waals surface area contributed by atoms with E-state index in [0.29, 0.717) is 72.3 Å². The highest BCUT2D eigenvalue weighted by Crippen LogP contribution is 2.47. The summed E-state index contributed by atoms with van der Waals surface area (Å²) in [5.74, 6) is 0. The van der Waals surface area contributed by atoms with Crippen molar-refractivity contribution in [1.82, 2.24) is 9.13 Å². The molecule has 2 heterocycles. The first kappa shape index (κ1) is 38.8. The summed E-state index contributed by atoms with van der Waals surface area (Å²) in [6.45, 7) is 15.4. The highest BCUT2D eigenvalue weighted by atomic mass is 19.4. The lowest BCUT2D eigenvalue weighted by atomic mass is 9.96. The number of aromatic nitrogens is 2. The van der Waals surface area contributed by atoms with Gasteiger partial charge in [-0.2, -0.15) is 29.0 Å². The van der Waals surface area contributed by atoms with Crippen molar-refractivity contribution >= 4 is 55.0 Å². The molecule has 10 heteroatoms. The lowest BCUT2D eigenvalue weighted by Gasteiger charge is -2.23. The molecule has 7 nitrogen and oxygen atoms in total. The van der Waals surface area contributed by atoms with Crippen molar-refractivity contribution in [1.29, 1.82) is 15.8 Å². The lowest BCUT2D eigenvalue weighted by molar-refractivity contribution is -0.137. The van der Waals surface area contributed by atoms with Crippen LogP contribution in [0.3, 0.4) is 0 Å². The Hall–Kier alpha value is -9.40. The molecular formula is C54H26F3N7. The molecule has 8 aromatic carbocycles. The summed E-state index contributed by atoms with van der Waals surface area (Å²) in [6.07, 6.45) is -4.82. The largest absolute Gasteiger partial charge is 0.416 e. The Kier molecular flexibility index (Phi) is 9.06. The molecule has 0 spiro atoms. The van der Waals surface area contributed by atoms with Crippen LogP contribution < -0.4 is 0 Å². The summed E-state index contributed by atoms with van der Waals surface area (Å²) in [7, 11) is 0. The van der Waals surface area contributed by atoms with Crippen LogP contribution in [-0.2, 0) is 6.18 Å². The zero-order valence-corrected chi connectivity index (χ0v) is 33.3. The minimum absolute atomic E-state index is 0.190. The third kappa shape index (κ3) is 6.17. The Balaban J connectivity index is 1.38. The molecule has 0 saturated carbocycles. The van der Waals surface area contributed by atoms with Gasteiger partial charge in [0, 0.05) is 27.1 Å². The maximum atomic E-state index is 15.6. The van der Waals surface area contributed by atoms with Crippen molar-refractivity contribution in [2.45, 2.75) is 6.18 Å². The number of para-hydroxylation sites is 2. The first-order valence-corrected chi connectivity index (χ1v) is 19.8. The zero-order chi connectivity index (χ0) is 44.3. The fourth-order valence-corrected chi connectivity index (χ4v) is 8.85. The van der Waals surface area contributed by atoms with Gasteiger partial charge in [-0.05, 0) is 88.5 Å². The Bertz CT molecular complexity index is 3640. The van der Waals surface area contributed by atoms with Gasteiger partial charge in [0.2, 0.25) is 0 Å². The SMILES string of the molecule is [C-]#[N+]c1ccc(-c2ccc3c4ccccc4n(-c4cc(C(F)(F)F)cc(-n5c6ccccc6c6ccc(-c7ccc(C#N)cc7C#N)cc65)c4-c4cccc(C#N)c4)c3c2)c([N+]#[C-])c1. The predicted molar refractivity (Wildman–Crippen MR) is 243 cm³/mol. The molecular weight excluding hydrogens is 804 g/mol. The smallest absolute Gasteiger partial charge is 0.309 e. The van der Waals surface area contributed by atoms with Gasteiger partial charge in [0.05, 0.1) is 87.0 Å². The zero-order valence-electron chi connectivity index (χ0n) is 33.3. The Labute approximate surface area is 363 Å². The third-order valence-electron chi connectivity index (χ3n) is 11.7. The van der Waals surface area contributed by atoms with E-state index in [2.05, 4.69) is 27.9 Å². The van der Waals surface area contributed by atoms with Gasteiger partial charge in [-0.15, -0.1) is 0 Å². The van der Waals surface area contributed by atoms with Crippen LogP contribution in [0.25, 0.3) is 98.1 Å². The first-order chi connectivity index (χ1) is 31.1. The van der Waals surface area contributed by atoms with Gasteiger partial charge in [-0.1, -0.05) is 97.1 Å². The van der Waals surface area contributed by atoms with Gasteiger partial charge in [-0.3, -0.25) is 0 Å². The molecule has 0 bridgehead atoms. The maximum Gasteiger partial charge on any atom is 0.416 e. The van der Waals surface area contributed by atoms with Gasteiger partial charge in [0.15, 0.2) is 11.4 Å². The van der Waals surface area contributed by atoms with E-state index in [1.165, 1.54) is 12.1 Å². The van der Waals surface area contributed by atoms with Crippen LogP contribution in [0.15, 0.2) is 158 Å². The molecule has 0 atom stereocenters. The van der Waals surface area contributed by atoms with Crippen molar-refractivity contribution in [2.75, 3.05) is 0 Å². The van der Waals surface area contributed by atoms with E-state index in [4.69, 9.17) is 13.1 Å². The molecule has 64 heavy (non-hydrogen) atoms. The van der Waals surface area contributed by atoms with Crippen molar-refractivity contribution in [2.24, 2.45) is 0 Å². The van der Waals surface area contributed by atoms with Crippen LogP contribution in [0.4, 0.5) is 24.5 Å². The monoisotopic (exact) mass is 829 g/mol. The molecule has 10 aromatic rings. The molecule has 0 aliphatic heterocycles. The van der Waals surface area contributed by atoms with Gasteiger partial charge < -0.3 is 9.13 Å². The number of alkyl halides is 3. The third-order valence-corrected chi connectivity index (χ3v) is 11.7. The highest BCUT2D eigenvalue weighted by molar-refractivity contribution is 6.13. The van der Waals surface area contributed by atoms with Crippen molar-refractivity contribution < 1.29 is 13.2 Å². The average molecular weight is 830 g/mol. The molecule has 2 aromatic heterocycles. The number of hydrogen-bond acceptors (Lipinski definition) is 3. The number of fused-ring (bicyclic) bond motifs is 6. The number of rotatable bonds is 5. The van der Waals surface area contributed by atoms with E-state index in [1.807, 2.05) is 94.1 Å². The summed E-state index contributed by atoms with van der Waals surface area (Å²) in [6, 6.07) is 51.5. The molecule has 0 saturated heterocycles. The summed E-state index contributed by atoms with van der Waals surface area (Å²) in [5, 5.41) is 33.0. The molecule has 0 N–H and O–H groups in total. The normalized spacial score (nSPS) is 11.3. The molecule has 0 radical (unpaired) electrons. The van der Waals surface area contributed by atoms with Crippen LogP contribution in [0, 0.1) is 47.1 Å². The fraction of sp³-hybridized carbons (Fsp3) is 0.0185. The summed E-state index contributed by atoms with van der Waals surface area (Å²) in [4.78, 5) is 7.21. The molecule has 0 fully saturated rings. The maximum absolute atomic E-state index is 15.6. The van der Waals surface area contributed by atoms with E-state index in [9.17, 15) is 15.8 Å². The number of nitrogens with zero attached hydrogens (tertiary/aromatic N) is 7. The number of halogens is 3. The summed E-state index contributed by atoms with van der Waals surface area (Å²) < 4.78 is 50.5. The summed E-state index contributed by atoms with van der Waals surface area (Å²) >= 11 is 0. The standard InChI is InChI=1S/C54H26F3N7/c1-61-39-17-21-41(46(28-39)62-2)35-16-20-45-43-11-4-6-13-48(43)64(50(45)25-35)52-27-38(54(55,56)57)26-51(53(52)36-9-7-8-32(22-36)29-58)63-47-12-5-3-10-42(47)44-19-15-34(24-49(44)63)40-18-14-33(30-59)23-37(40)31-60/h3-28H. The van der Waals surface area contributed by atoms with Crippen molar-refractivity contribution in [3.63, 3.8) is 0 Å². The summed E-state index contributed by atoms with van der Waals surface area (Å²) in [5.41, 5.74) is 6.60. The Morgan fingerprint density at radius 3 is 1.59 bits per heavy atom. The van der Waals surface area contributed by atoms with Gasteiger partial charge in [0.1, 0.15) is 0 Å². The first-order valence-electron chi connectivity index (χ1n) is 19.8. The predicted octanol–water partition coefficient (Wildman–Crippen LogP) is 14.6. The number of benzene rings is 8. The van der Waals surface area contributed by atoms with E-state index in [-0.39, 0.29) is 22.6 Å². The Morgan fingerprint density at radius 2 is 1.03 bits per heavy atom. The minimum atomic E-state index is -4.82. The molecule has 0 unspecified atom stereocenters. The Morgan fingerprint density at radius 1 is 0.469 bits per heavy atom. The van der Waals surface area contributed by atoms with Gasteiger partial charge in [0.25, 0.3) is 0 Å². The van der Waals surface area contributed by atoms with E-state index >= 15 is 13.2 Å². The number of nitriles is 3. The van der Waals surface area contributed by atoms with Crippen LogP contribution in [0.5, 0.6) is 0 Å². The van der Waals surface area contributed by atoms with Crippen LogP contribution >= 0.6 is 0 Å². The van der Waals surface area contributed by atoms with Gasteiger partial charge >= 0.3 is 6.18 Å². The van der Waals surface area contributed by atoms with Crippen molar-refractivity contribution in [3.05, 3.63) is 203 Å². The van der Waals surface area contributed by atoms with E-state index < -0.39 is 11.7 Å². The minimum Gasteiger partial charge on any atom is -0.309 e. The van der Waals surface area contributed by atoms with Crippen LogP contribution in [0.2, 0.25) is 0 Å². The molecule has 0 aliphatic rings. The highest BCUT2D eigenvalue weighted by Gasteiger charge is 2.34. The van der Waals surface area contributed by atoms with Crippen LogP contribution in [0.1, 0.15) is 22.3 Å². The lowest BCUT2D eigenvalue weighted by Crippen LogP contribution is -2.11. The average Bonchev–Trinajstić information content (AvgIpc) is 3.84. The second-order valence-corrected chi connectivity index (χ2v) is 15.2. The fourth-order valence-electron chi connectivity index (χ4n) is 8.85. The molecule has 0 aliphatic carbocycles. The second-order valence-electron chi connectivity index (χ2n) is 15.2. The van der Waals surface area contributed by atoms with Crippen molar-refractivity contribution in [3.8, 4) is 63.0 Å². The molecule has 10 rings (SSSR count).